The highest BCUT2D eigenvalue weighted by atomic mass is 19.1. The summed E-state index contributed by atoms with van der Waals surface area (Å²) in [6, 6.07) is 7.94. The van der Waals surface area contributed by atoms with E-state index in [1.165, 1.54) is 16.9 Å². The summed E-state index contributed by atoms with van der Waals surface area (Å²) in [4.78, 5) is 11.4. The van der Waals surface area contributed by atoms with Gasteiger partial charge in [0, 0.05) is 5.56 Å². The molecule has 0 unspecified atom stereocenters. The highest BCUT2D eigenvalue weighted by Crippen LogP contribution is 2.17. The van der Waals surface area contributed by atoms with Gasteiger partial charge in [-0.25, -0.2) is 9.07 Å². The lowest BCUT2D eigenvalue weighted by Crippen LogP contribution is -2.13. The number of nitrogens with two attached hydrogens (primary N) is 1. The zero-order valence-corrected chi connectivity index (χ0v) is 10.3. The quantitative estimate of drug-likeness (QED) is 0.773. The molecule has 100 valence electrons. The van der Waals surface area contributed by atoms with Crippen LogP contribution in [0.15, 0.2) is 36.5 Å². The van der Waals surface area contributed by atoms with Crippen LogP contribution in [0.3, 0.4) is 0 Å². The minimum Gasteiger partial charge on any atom is -0.364 e. The van der Waals surface area contributed by atoms with E-state index in [0.717, 1.165) is 0 Å². The van der Waals surface area contributed by atoms with E-state index in [9.17, 15) is 9.18 Å². The number of hydrogen-bond donors (Lipinski definition) is 1. The molecule has 0 saturated carbocycles. The Labute approximate surface area is 113 Å². The standard InChI is InChI=1S/C13H10FN5O/c14-10-4-2-1-3-8(10)7-19-13-9(5-6-16-17-13)11(18-19)12(15)20/h1-6H,7H2,(H2,15,20). The molecule has 3 rings (SSSR count). The van der Waals surface area contributed by atoms with Crippen molar-refractivity contribution in [3.05, 3.63) is 53.6 Å². The van der Waals surface area contributed by atoms with Crippen LogP contribution in [0.2, 0.25) is 0 Å². The van der Waals surface area contributed by atoms with Crippen molar-refractivity contribution in [1.29, 1.82) is 0 Å². The number of rotatable bonds is 3. The van der Waals surface area contributed by atoms with Crippen LogP contribution in [0.5, 0.6) is 0 Å². The zero-order chi connectivity index (χ0) is 14.1. The average Bonchev–Trinajstić information content (AvgIpc) is 2.81. The van der Waals surface area contributed by atoms with E-state index in [0.29, 0.717) is 16.6 Å². The zero-order valence-electron chi connectivity index (χ0n) is 10.3. The lowest BCUT2D eigenvalue weighted by atomic mass is 10.2. The van der Waals surface area contributed by atoms with E-state index in [1.54, 1.807) is 24.3 Å². The van der Waals surface area contributed by atoms with Gasteiger partial charge in [-0.05, 0) is 12.1 Å². The van der Waals surface area contributed by atoms with Crippen LogP contribution in [-0.2, 0) is 6.54 Å². The van der Waals surface area contributed by atoms with E-state index in [1.807, 2.05) is 0 Å². The molecule has 20 heavy (non-hydrogen) atoms. The molecule has 0 bridgehead atoms. The number of hydrogen-bond acceptors (Lipinski definition) is 4. The summed E-state index contributed by atoms with van der Waals surface area (Å²) in [5.74, 6) is -1.00. The third kappa shape index (κ3) is 1.99. The number of carbonyl (C=O) groups excluding carboxylic acids is 1. The number of nitrogens with zero attached hydrogens (tertiary/aromatic N) is 4. The van der Waals surface area contributed by atoms with Crippen LogP contribution in [0.25, 0.3) is 11.0 Å². The first kappa shape index (κ1) is 12.2. The molecule has 0 radical (unpaired) electrons. The van der Waals surface area contributed by atoms with Crippen molar-refractivity contribution in [2.24, 2.45) is 5.73 Å². The summed E-state index contributed by atoms with van der Waals surface area (Å²) in [5.41, 5.74) is 6.22. The molecular formula is C13H10FN5O. The maximum atomic E-state index is 13.7. The molecule has 2 heterocycles. The van der Waals surface area contributed by atoms with Crippen molar-refractivity contribution in [1.82, 2.24) is 20.0 Å². The van der Waals surface area contributed by atoms with E-state index < -0.39 is 5.91 Å². The molecule has 7 heteroatoms. The third-order valence-corrected chi connectivity index (χ3v) is 2.93. The van der Waals surface area contributed by atoms with E-state index in [2.05, 4.69) is 15.3 Å². The number of primary amides is 1. The van der Waals surface area contributed by atoms with Crippen molar-refractivity contribution in [3.8, 4) is 0 Å². The number of carbonyl (C=O) groups is 1. The van der Waals surface area contributed by atoms with Crippen molar-refractivity contribution in [2.45, 2.75) is 6.54 Å². The Morgan fingerprint density at radius 3 is 2.85 bits per heavy atom. The lowest BCUT2D eigenvalue weighted by molar-refractivity contribution is 0.0996. The summed E-state index contributed by atoms with van der Waals surface area (Å²) >= 11 is 0. The SMILES string of the molecule is NC(=O)c1nn(Cc2ccccc2F)c2nnccc12. The van der Waals surface area contributed by atoms with Gasteiger partial charge in [0.2, 0.25) is 0 Å². The second-order valence-electron chi connectivity index (χ2n) is 4.23. The Kier molecular flexibility index (Phi) is 2.86. The van der Waals surface area contributed by atoms with Crippen LogP contribution in [-0.4, -0.2) is 25.9 Å². The fourth-order valence-electron chi connectivity index (χ4n) is 2.00. The van der Waals surface area contributed by atoms with Gasteiger partial charge >= 0.3 is 0 Å². The van der Waals surface area contributed by atoms with Crippen molar-refractivity contribution in [3.63, 3.8) is 0 Å². The minimum atomic E-state index is -0.657. The summed E-state index contributed by atoms with van der Waals surface area (Å²) in [7, 11) is 0. The largest absolute Gasteiger partial charge is 0.364 e. The van der Waals surface area contributed by atoms with Gasteiger partial charge in [-0.15, -0.1) is 5.10 Å². The van der Waals surface area contributed by atoms with Gasteiger partial charge in [-0.1, -0.05) is 18.2 Å². The summed E-state index contributed by atoms with van der Waals surface area (Å²) in [6.45, 7) is 0.148. The van der Waals surface area contributed by atoms with Gasteiger partial charge in [0.1, 0.15) is 5.82 Å². The Hall–Kier alpha value is -2.83. The molecule has 0 spiro atoms. The molecule has 1 amide bonds. The van der Waals surface area contributed by atoms with Crippen molar-refractivity contribution in [2.75, 3.05) is 0 Å². The Morgan fingerprint density at radius 1 is 1.30 bits per heavy atom. The predicted molar refractivity (Wildman–Crippen MR) is 69.3 cm³/mol. The van der Waals surface area contributed by atoms with Gasteiger partial charge in [-0.2, -0.15) is 10.2 Å². The maximum Gasteiger partial charge on any atom is 0.269 e. The smallest absolute Gasteiger partial charge is 0.269 e. The van der Waals surface area contributed by atoms with Crippen LogP contribution < -0.4 is 5.73 Å². The second kappa shape index (κ2) is 4.69. The maximum absolute atomic E-state index is 13.7. The fraction of sp³-hybridized carbons (Fsp3) is 0.0769. The first-order valence-corrected chi connectivity index (χ1v) is 5.88. The van der Waals surface area contributed by atoms with E-state index in [-0.39, 0.29) is 18.1 Å². The molecule has 0 saturated heterocycles. The molecular weight excluding hydrogens is 261 g/mol. The molecule has 0 atom stereocenters. The van der Waals surface area contributed by atoms with Crippen LogP contribution in [0.4, 0.5) is 4.39 Å². The molecule has 0 aliphatic rings. The fourth-order valence-corrected chi connectivity index (χ4v) is 2.00. The molecule has 0 fully saturated rings. The van der Waals surface area contributed by atoms with Gasteiger partial charge in [0.05, 0.1) is 18.1 Å². The van der Waals surface area contributed by atoms with Crippen molar-refractivity contribution >= 4 is 16.9 Å². The first-order chi connectivity index (χ1) is 9.66. The topological polar surface area (TPSA) is 86.7 Å². The summed E-state index contributed by atoms with van der Waals surface area (Å²) in [5, 5.41) is 12.3. The molecule has 1 aromatic carbocycles. The van der Waals surface area contributed by atoms with Gasteiger partial charge in [0.15, 0.2) is 11.3 Å². The molecule has 2 N–H and O–H groups in total. The highest BCUT2D eigenvalue weighted by molar-refractivity contribution is 6.02. The lowest BCUT2D eigenvalue weighted by Gasteiger charge is -2.03. The Balaban J connectivity index is 2.13. The second-order valence-corrected chi connectivity index (χ2v) is 4.23. The predicted octanol–water partition coefficient (Wildman–Crippen LogP) is 1.11. The molecule has 2 aromatic heterocycles. The van der Waals surface area contributed by atoms with Crippen LogP contribution in [0, 0.1) is 5.82 Å². The molecule has 6 nitrogen and oxygen atoms in total. The number of aromatic nitrogens is 4. The number of halogens is 1. The molecule has 0 aliphatic carbocycles. The van der Waals surface area contributed by atoms with Gasteiger partial charge in [0.25, 0.3) is 5.91 Å². The molecule has 3 aromatic rings. The first-order valence-electron chi connectivity index (χ1n) is 5.88. The van der Waals surface area contributed by atoms with Gasteiger partial charge in [-0.3, -0.25) is 4.79 Å². The molecule has 0 aliphatic heterocycles. The number of benzene rings is 1. The van der Waals surface area contributed by atoms with E-state index in [4.69, 9.17) is 5.73 Å². The monoisotopic (exact) mass is 271 g/mol. The third-order valence-electron chi connectivity index (χ3n) is 2.93. The normalized spacial score (nSPS) is 10.8. The summed E-state index contributed by atoms with van der Waals surface area (Å²) < 4.78 is 15.1. The van der Waals surface area contributed by atoms with E-state index >= 15 is 0 Å². The number of fused-ring (bicyclic) bond motifs is 1. The summed E-state index contributed by atoms with van der Waals surface area (Å²) in [6.07, 6.45) is 1.45. The van der Waals surface area contributed by atoms with Crippen molar-refractivity contribution < 1.29 is 9.18 Å². The Bertz CT molecular complexity index is 798. The van der Waals surface area contributed by atoms with Gasteiger partial charge < -0.3 is 5.73 Å². The average molecular weight is 271 g/mol. The highest BCUT2D eigenvalue weighted by Gasteiger charge is 2.16. The minimum absolute atomic E-state index is 0.103. The van der Waals surface area contributed by atoms with Crippen LogP contribution in [0.1, 0.15) is 16.1 Å². The Morgan fingerprint density at radius 2 is 2.10 bits per heavy atom. The van der Waals surface area contributed by atoms with Crippen LogP contribution >= 0.6 is 0 Å². The number of amides is 1.